The molecule has 2 fully saturated rings. The normalized spacial score (nSPS) is 18.2. The lowest BCUT2D eigenvalue weighted by Crippen LogP contribution is -2.76. The summed E-state index contributed by atoms with van der Waals surface area (Å²) in [5, 5.41) is 16.0. The topological polar surface area (TPSA) is 109 Å². The van der Waals surface area contributed by atoms with E-state index in [9.17, 15) is 23.9 Å². The van der Waals surface area contributed by atoms with Crippen LogP contribution >= 0.6 is 0 Å². The molecule has 1 aromatic heterocycles. The van der Waals surface area contributed by atoms with Gasteiger partial charge in [0, 0.05) is 25.1 Å². The fourth-order valence-electron chi connectivity index (χ4n) is 6.10. The fourth-order valence-corrected chi connectivity index (χ4v) is 6.10. The second kappa shape index (κ2) is 13.8. The minimum absolute atomic E-state index is 0.0471. The van der Waals surface area contributed by atoms with Gasteiger partial charge in [0.2, 0.25) is 11.8 Å². The van der Waals surface area contributed by atoms with E-state index in [2.05, 4.69) is 11.9 Å². The van der Waals surface area contributed by atoms with Gasteiger partial charge in [-0.05, 0) is 59.7 Å². The highest BCUT2D eigenvalue weighted by Gasteiger charge is 2.51. The molecule has 0 spiro atoms. The number of aromatic hydroxyl groups is 1. The molecule has 47 heavy (non-hydrogen) atoms. The zero-order valence-corrected chi connectivity index (χ0v) is 25.7. The number of amides is 4. The van der Waals surface area contributed by atoms with Gasteiger partial charge in [0.1, 0.15) is 23.8 Å². The zero-order chi connectivity index (χ0) is 32.9. The number of hydrogen-bond donors (Lipinski definition) is 2. The van der Waals surface area contributed by atoms with Crippen molar-refractivity contribution in [1.82, 2.24) is 30.1 Å². The fraction of sp³-hybridized carbons (Fsp3) is 0.222. The number of hydrazine groups is 1. The number of piperazine rings is 1. The molecular formula is C36H35FN6O4. The lowest BCUT2D eigenvalue weighted by Gasteiger charge is -2.55. The monoisotopic (exact) mass is 634 g/mol. The molecule has 4 aromatic rings. The van der Waals surface area contributed by atoms with Gasteiger partial charge in [0.25, 0.3) is 0 Å². The van der Waals surface area contributed by atoms with Crippen molar-refractivity contribution in [3.8, 4) is 17.0 Å². The second-order valence-corrected chi connectivity index (χ2v) is 11.5. The van der Waals surface area contributed by atoms with Crippen LogP contribution in [0, 0.1) is 5.82 Å². The van der Waals surface area contributed by atoms with E-state index >= 15 is 0 Å². The van der Waals surface area contributed by atoms with Crippen LogP contribution in [0.15, 0.2) is 110 Å². The Bertz CT molecular complexity index is 1750. The first-order chi connectivity index (χ1) is 22.8. The number of pyridine rings is 1. The van der Waals surface area contributed by atoms with Gasteiger partial charge >= 0.3 is 6.03 Å². The highest BCUT2D eigenvalue weighted by Crippen LogP contribution is 2.30. The molecule has 3 heterocycles. The molecule has 0 radical (unpaired) electrons. The molecule has 11 heteroatoms. The Hall–Kier alpha value is -5.55. The molecule has 0 saturated carbocycles. The largest absolute Gasteiger partial charge is 0.508 e. The van der Waals surface area contributed by atoms with Gasteiger partial charge in [-0.3, -0.25) is 14.6 Å². The molecule has 2 N–H and O–H groups in total. The van der Waals surface area contributed by atoms with Crippen molar-refractivity contribution in [2.75, 3.05) is 19.6 Å². The van der Waals surface area contributed by atoms with Gasteiger partial charge in [0.15, 0.2) is 0 Å². The SMILES string of the molecule is C=CCN1CC(=O)N2[C@@H](Cc3ccc(O)cc3)C(=O)N(Cc3cccc(-c4ccc(F)cc4)n3)C[C@@H]2N1C(=O)NCc1ccccc1. The van der Waals surface area contributed by atoms with Crippen molar-refractivity contribution in [2.24, 2.45) is 0 Å². The van der Waals surface area contributed by atoms with E-state index in [1.807, 2.05) is 48.5 Å². The third-order valence-electron chi connectivity index (χ3n) is 8.33. The van der Waals surface area contributed by atoms with Crippen LogP contribution in [0.25, 0.3) is 11.3 Å². The second-order valence-electron chi connectivity index (χ2n) is 11.5. The number of nitrogens with one attached hydrogen (secondary N) is 1. The highest BCUT2D eigenvalue weighted by molar-refractivity contribution is 5.91. The zero-order valence-electron chi connectivity index (χ0n) is 25.7. The number of fused-ring (bicyclic) bond motifs is 1. The van der Waals surface area contributed by atoms with Gasteiger partial charge in [-0.2, -0.15) is 0 Å². The van der Waals surface area contributed by atoms with Crippen LogP contribution in [0.2, 0.25) is 0 Å². The van der Waals surface area contributed by atoms with Crippen LogP contribution in [-0.2, 0) is 29.1 Å². The van der Waals surface area contributed by atoms with Crippen LogP contribution in [0.3, 0.4) is 0 Å². The van der Waals surface area contributed by atoms with Crippen LogP contribution in [0.4, 0.5) is 9.18 Å². The number of aromatic nitrogens is 1. The minimum Gasteiger partial charge on any atom is -0.508 e. The lowest BCUT2D eigenvalue weighted by molar-refractivity contribution is -0.189. The van der Waals surface area contributed by atoms with Crippen molar-refractivity contribution in [1.29, 1.82) is 0 Å². The minimum atomic E-state index is -0.915. The van der Waals surface area contributed by atoms with Crippen molar-refractivity contribution in [3.63, 3.8) is 0 Å². The first-order valence-electron chi connectivity index (χ1n) is 15.4. The first kappa shape index (κ1) is 31.4. The number of carbonyl (C=O) groups is 3. The molecule has 3 aromatic carbocycles. The third kappa shape index (κ3) is 7.00. The molecule has 10 nitrogen and oxygen atoms in total. The Morgan fingerprint density at radius 2 is 1.70 bits per heavy atom. The Morgan fingerprint density at radius 1 is 0.957 bits per heavy atom. The molecule has 2 atom stereocenters. The Balaban J connectivity index is 1.34. The summed E-state index contributed by atoms with van der Waals surface area (Å²) in [6.45, 7) is 4.41. The Labute approximate surface area is 272 Å². The van der Waals surface area contributed by atoms with Gasteiger partial charge in [-0.1, -0.05) is 54.6 Å². The molecule has 4 amide bonds. The summed E-state index contributed by atoms with van der Waals surface area (Å²) in [5.74, 6) is -0.820. The molecule has 2 aliphatic rings. The number of phenolic OH excluding ortho intramolecular Hbond substituents is 1. The van der Waals surface area contributed by atoms with E-state index in [1.165, 1.54) is 34.2 Å². The van der Waals surface area contributed by atoms with Crippen molar-refractivity contribution in [3.05, 3.63) is 132 Å². The van der Waals surface area contributed by atoms with E-state index in [1.54, 1.807) is 40.3 Å². The summed E-state index contributed by atoms with van der Waals surface area (Å²) in [7, 11) is 0. The average molecular weight is 635 g/mol. The predicted molar refractivity (Wildman–Crippen MR) is 174 cm³/mol. The summed E-state index contributed by atoms with van der Waals surface area (Å²) >= 11 is 0. The number of benzene rings is 3. The molecule has 0 aliphatic carbocycles. The van der Waals surface area contributed by atoms with Crippen LogP contribution in [0.1, 0.15) is 16.8 Å². The van der Waals surface area contributed by atoms with Crippen LogP contribution in [-0.4, -0.2) is 79.6 Å². The summed E-state index contributed by atoms with van der Waals surface area (Å²) in [5.41, 5.74) is 3.62. The Morgan fingerprint density at radius 3 is 2.43 bits per heavy atom. The molecule has 2 aliphatic heterocycles. The molecule has 6 rings (SSSR count). The number of hydrogen-bond acceptors (Lipinski definition) is 6. The summed E-state index contributed by atoms with van der Waals surface area (Å²) in [6.07, 6.45) is 0.999. The van der Waals surface area contributed by atoms with Gasteiger partial charge < -0.3 is 20.2 Å². The van der Waals surface area contributed by atoms with Crippen molar-refractivity contribution in [2.45, 2.75) is 31.7 Å². The number of rotatable bonds is 9. The Kier molecular flexibility index (Phi) is 9.25. The summed E-state index contributed by atoms with van der Waals surface area (Å²) in [4.78, 5) is 49.9. The van der Waals surface area contributed by atoms with E-state index < -0.39 is 18.2 Å². The highest BCUT2D eigenvalue weighted by atomic mass is 19.1. The quantitative estimate of drug-likeness (QED) is 0.266. The van der Waals surface area contributed by atoms with Crippen LogP contribution < -0.4 is 5.32 Å². The summed E-state index contributed by atoms with van der Waals surface area (Å²) < 4.78 is 13.6. The molecule has 2 saturated heterocycles. The lowest BCUT2D eigenvalue weighted by atomic mass is 9.98. The number of nitrogens with zero attached hydrogens (tertiary/aromatic N) is 5. The molecule has 240 valence electrons. The third-order valence-corrected chi connectivity index (χ3v) is 8.33. The first-order valence-corrected chi connectivity index (χ1v) is 15.4. The van der Waals surface area contributed by atoms with E-state index in [0.717, 1.165) is 16.7 Å². The van der Waals surface area contributed by atoms with Crippen molar-refractivity contribution >= 4 is 17.8 Å². The molecular weight excluding hydrogens is 599 g/mol. The maximum atomic E-state index is 14.3. The van der Waals surface area contributed by atoms with Crippen LogP contribution in [0.5, 0.6) is 5.75 Å². The number of halogens is 1. The number of phenols is 1. The van der Waals surface area contributed by atoms with Gasteiger partial charge in [-0.15, -0.1) is 6.58 Å². The van der Waals surface area contributed by atoms with Gasteiger partial charge in [-0.25, -0.2) is 19.2 Å². The molecule has 0 unspecified atom stereocenters. The van der Waals surface area contributed by atoms with E-state index in [0.29, 0.717) is 11.4 Å². The number of urea groups is 1. The summed E-state index contributed by atoms with van der Waals surface area (Å²) in [6, 6.07) is 26.2. The van der Waals surface area contributed by atoms with Gasteiger partial charge in [0.05, 0.1) is 31.0 Å². The smallest absolute Gasteiger partial charge is 0.334 e. The average Bonchev–Trinajstić information content (AvgIpc) is 3.07. The maximum Gasteiger partial charge on any atom is 0.334 e. The van der Waals surface area contributed by atoms with Crippen molar-refractivity contribution < 1.29 is 23.9 Å². The maximum absolute atomic E-state index is 14.3. The molecule has 0 bridgehead atoms. The van der Waals surface area contributed by atoms with E-state index in [-0.39, 0.29) is 62.5 Å². The standard InChI is InChI=1S/C36H35FN6O4/c1-2-19-41-24-34(45)42-32(20-25-11-17-30(44)18-12-25)35(46)40(22-29-9-6-10-31(39-29)27-13-15-28(37)16-14-27)23-33(42)43(41)36(47)38-21-26-7-4-3-5-8-26/h2-18,32-33,44H,1,19-24H2,(H,38,47)/t32-,33-/m0/s1. The van der Waals surface area contributed by atoms with E-state index in [4.69, 9.17) is 4.98 Å². The predicted octanol–water partition coefficient (Wildman–Crippen LogP) is 4.33. The number of carbonyl (C=O) groups excluding carboxylic acids is 3.